The number of carbonyl (C=O) groups is 2. The molecule has 7 nitrogen and oxygen atoms in total. The molecule has 2 amide bonds. The van der Waals surface area contributed by atoms with Crippen LogP contribution in [0.2, 0.25) is 0 Å². The molecule has 2 rings (SSSR count). The van der Waals surface area contributed by atoms with Crippen molar-refractivity contribution in [1.82, 2.24) is 15.1 Å². The summed E-state index contributed by atoms with van der Waals surface area (Å²) in [4.78, 5) is 27.6. The Balaban J connectivity index is 1.75. The van der Waals surface area contributed by atoms with Crippen LogP contribution in [0.25, 0.3) is 0 Å². The number of rotatable bonds is 6. The van der Waals surface area contributed by atoms with Gasteiger partial charge in [0.2, 0.25) is 5.91 Å². The maximum atomic E-state index is 12.2. The van der Waals surface area contributed by atoms with E-state index in [1.54, 1.807) is 0 Å². The smallest absolute Gasteiger partial charge is 0.410 e. The van der Waals surface area contributed by atoms with E-state index in [-0.39, 0.29) is 12.5 Å². The Morgan fingerprint density at radius 2 is 2.10 bits per heavy atom. The highest BCUT2D eigenvalue weighted by atomic mass is 16.6. The van der Waals surface area contributed by atoms with Gasteiger partial charge in [-0.2, -0.15) is 0 Å². The quantitative estimate of drug-likeness (QED) is 0.742. The van der Waals surface area contributed by atoms with Crippen molar-refractivity contribution < 1.29 is 19.1 Å². The van der Waals surface area contributed by atoms with Crippen molar-refractivity contribution >= 4 is 12.0 Å². The molecule has 0 saturated carbocycles. The maximum Gasteiger partial charge on any atom is 0.410 e. The molecular weight excluding hydrogens is 274 g/mol. The van der Waals surface area contributed by atoms with Crippen molar-refractivity contribution in [2.75, 3.05) is 52.5 Å². The standard InChI is InChI=1S/C14H25N3O4/c1-11(2)9-17-12(10-21-14(17)19)13(18)15-3-4-16-5-7-20-8-6-16/h11-12H,3-10H2,1-2H3,(H,15,18)/t12-/m0/s1. The number of nitrogens with one attached hydrogen (secondary N) is 1. The molecule has 7 heteroatoms. The third-order valence-electron chi connectivity index (χ3n) is 3.67. The van der Waals surface area contributed by atoms with Crippen LogP contribution in [0.1, 0.15) is 13.8 Å². The first-order valence-electron chi connectivity index (χ1n) is 7.59. The minimum absolute atomic E-state index is 0.130. The molecule has 2 saturated heterocycles. The van der Waals surface area contributed by atoms with Crippen molar-refractivity contribution in [2.24, 2.45) is 5.92 Å². The third-order valence-corrected chi connectivity index (χ3v) is 3.67. The lowest BCUT2D eigenvalue weighted by molar-refractivity contribution is -0.125. The SMILES string of the molecule is CC(C)CN1C(=O)OC[C@H]1C(=O)NCCN1CCOCC1. The summed E-state index contributed by atoms with van der Waals surface area (Å²) < 4.78 is 10.3. The largest absolute Gasteiger partial charge is 0.447 e. The lowest BCUT2D eigenvalue weighted by atomic mass is 10.2. The first-order valence-corrected chi connectivity index (χ1v) is 7.59. The van der Waals surface area contributed by atoms with E-state index in [2.05, 4.69) is 10.2 Å². The first kappa shape index (κ1) is 16.0. The molecule has 0 aliphatic carbocycles. The Hall–Kier alpha value is -1.34. The van der Waals surface area contributed by atoms with Crippen LogP contribution in [0, 0.1) is 5.92 Å². The fourth-order valence-electron chi connectivity index (χ4n) is 2.54. The molecule has 1 N–H and O–H groups in total. The number of hydrogen-bond acceptors (Lipinski definition) is 5. The molecule has 2 aliphatic heterocycles. The first-order chi connectivity index (χ1) is 10.1. The fourth-order valence-corrected chi connectivity index (χ4v) is 2.54. The van der Waals surface area contributed by atoms with Crippen molar-refractivity contribution in [3.05, 3.63) is 0 Å². The minimum atomic E-state index is -0.496. The second-order valence-corrected chi connectivity index (χ2v) is 5.88. The van der Waals surface area contributed by atoms with Gasteiger partial charge in [0.25, 0.3) is 0 Å². The average Bonchev–Trinajstić information content (AvgIpc) is 2.81. The van der Waals surface area contributed by atoms with Gasteiger partial charge in [0, 0.05) is 32.7 Å². The molecule has 0 spiro atoms. The second-order valence-electron chi connectivity index (χ2n) is 5.88. The molecule has 0 unspecified atom stereocenters. The Morgan fingerprint density at radius 1 is 1.38 bits per heavy atom. The van der Waals surface area contributed by atoms with E-state index in [0.29, 0.717) is 19.0 Å². The Labute approximate surface area is 125 Å². The summed E-state index contributed by atoms with van der Waals surface area (Å²) in [6.07, 6.45) is -0.392. The van der Waals surface area contributed by atoms with E-state index in [1.165, 1.54) is 4.90 Å². The van der Waals surface area contributed by atoms with Crippen molar-refractivity contribution in [3.63, 3.8) is 0 Å². The molecule has 1 atom stereocenters. The highest BCUT2D eigenvalue weighted by Crippen LogP contribution is 2.14. The number of ether oxygens (including phenoxy) is 2. The zero-order valence-electron chi connectivity index (χ0n) is 12.8. The van der Waals surface area contributed by atoms with E-state index in [9.17, 15) is 9.59 Å². The Bertz CT molecular complexity index is 369. The molecule has 2 fully saturated rings. The van der Waals surface area contributed by atoms with Gasteiger partial charge in [0.1, 0.15) is 12.6 Å². The summed E-state index contributed by atoms with van der Waals surface area (Å²) in [7, 11) is 0. The van der Waals surface area contributed by atoms with E-state index in [0.717, 1.165) is 32.8 Å². The summed E-state index contributed by atoms with van der Waals surface area (Å²) in [6, 6.07) is -0.496. The second kappa shape index (κ2) is 7.61. The summed E-state index contributed by atoms with van der Waals surface area (Å²) in [6.45, 7) is 9.41. The van der Waals surface area contributed by atoms with Gasteiger partial charge in [0.15, 0.2) is 0 Å². The van der Waals surface area contributed by atoms with Crippen LogP contribution < -0.4 is 5.32 Å². The molecular formula is C14H25N3O4. The highest BCUT2D eigenvalue weighted by Gasteiger charge is 2.37. The zero-order valence-corrected chi connectivity index (χ0v) is 12.8. The predicted molar refractivity (Wildman–Crippen MR) is 76.9 cm³/mol. The van der Waals surface area contributed by atoms with Crippen LogP contribution in [0.5, 0.6) is 0 Å². The molecule has 0 radical (unpaired) electrons. The monoisotopic (exact) mass is 299 g/mol. The Kier molecular flexibility index (Phi) is 5.81. The van der Waals surface area contributed by atoms with E-state index in [1.807, 2.05) is 13.8 Å². The van der Waals surface area contributed by atoms with Crippen LogP contribution in [0.15, 0.2) is 0 Å². The molecule has 0 bridgehead atoms. The van der Waals surface area contributed by atoms with Crippen LogP contribution >= 0.6 is 0 Å². The lowest BCUT2D eigenvalue weighted by Crippen LogP contribution is -2.49. The van der Waals surface area contributed by atoms with Gasteiger partial charge in [-0.1, -0.05) is 13.8 Å². The van der Waals surface area contributed by atoms with Gasteiger partial charge in [-0.05, 0) is 5.92 Å². The van der Waals surface area contributed by atoms with Crippen molar-refractivity contribution in [3.8, 4) is 0 Å². The van der Waals surface area contributed by atoms with E-state index < -0.39 is 12.1 Å². The number of cyclic esters (lactones) is 1. The molecule has 2 heterocycles. The summed E-state index contributed by atoms with van der Waals surface area (Å²) in [5.74, 6) is 0.175. The van der Waals surface area contributed by atoms with Crippen molar-refractivity contribution in [2.45, 2.75) is 19.9 Å². The third kappa shape index (κ3) is 4.57. The topological polar surface area (TPSA) is 71.1 Å². The van der Waals surface area contributed by atoms with Gasteiger partial charge in [-0.25, -0.2) is 4.79 Å². The van der Waals surface area contributed by atoms with Gasteiger partial charge in [-0.15, -0.1) is 0 Å². The van der Waals surface area contributed by atoms with Gasteiger partial charge < -0.3 is 14.8 Å². The molecule has 0 aromatic rings. The van der Waals surface area contributed by atoms with E-state index >= 15 is 0 Å². The van der Waals surface area contributed by atoms with Crippen LogP contribution in [-0.2, 0) is 14.3 Å². The normalized spacial score (nSPS) is 23.5. The number of amides is 2. The van der Waals surface area contributed by atoms with Gasteiger partial charge >= 0.3 is 6.09 Å². The minimum Gasteiger partial charge on any atom is -0.447 e. The van der Waals surface area contributed by atoms with Crippen molar-refractivity contribution in [1.29, 1.82) is 0 Å². The summed E-state index contributed by atoms with van der Waals surface area (Å²) >= 11 is 0. The fraction of sp³-hybridized carbons (Fsp3) is 0.857. The highest BCUT2D eigenvalue weighted by molar-refractivity contribution is 5.87. The molecule has 21 heavy (non-hydrogen) atoms. The van der Waals surface area contributed by atoms with E-state index in [4.69, 9.17) is 9.47 Å². The zero-order chi connectivity index (χ0) is 15.2. The number of morpholine rings is 1. The Morgan fingerprint density at radius 3 is 2.76 bits per heavy atom. The van der Waals surface area contributed by atoms with Crippen LogP contribution in [0.4, 0.5) is 4.79 Å². The molecule has 0 aromatic heterocycles. The average molecular weight is 299 g/mol. The predicted octanol–water partition coefficient (Wildman–Crippen LogP) is -0.0884. The van der Waals surface area contributed by atoms with Gasteiger partial charge in [-0.3, -0.25) is 14.6 Å². The molecule has 0 aromatic carbocycles. The number of hydrogen-bond donors (Lipinski definition) is 1. The summed E-state index contributed by atoms with van der Waals surface area (Å²) in [5, 5.41) is 2.90. The lowest BCUT2D eigenvalue weighted by Gasteiger charge is -2.27. The molecule has 2 aliphatic rings. The van der Waals surface area contributed by atoms with Gasteiger partial charge in [0.05, 0.1) is 13.2 Å². The van der Waals surface area contributed by atoms with Crippen LogP contribution in [-0.4, -0.2) is 80.4 Å². The number of nitrogens with zero attached hydrogens (tertiary/aromatic N) is 2. The summed E-state index contributed by atoms with van der Waals surface area (Å²) in [5.41, 5.74) is 0. The van der Waals surface area contributed by atoms with Crippen LogP contribution in [0.3, 0.4) is 0 Å². The maximum absolute atomic E-state index is 12.2. The molecule has 120 valence electrons. The number of carbonyl (C=O) groups excluding carboxylic acids is 2.